The molecule has 0 N–H and O–H groups in total. The molecule has 1 aromatic heterocycles. The third-order valence-corrected chi connectivity index (χ3v) is 7.63. The van der Waals surface area contributed by atoms with Crippen molar-refractivity contribution in [2.75, 3.05) is 43.0 Å². The largest absolute Gasteiger partial charge is 0.338 e. The van der Waals surface area contributed by atoms with E-state index in [1.54, 1.807) is 48.6 Å². The van der Waals surface area contributed by atoms with E-state index in [2.05, 4.69) is 9.97 Å². The summed E-state index contributed by atoms with van der Waals surface area (Å²) in [6.45, 7) is 5.78. The lowest BCUT2D eigenvalue weighted by Crippen LogP contribution is -2.49. The molecule has 1 amide bonds. The number of amides is 1. The van der Waals surface area contributed by atoms with Crippen LogP contribution in [0, 0.1) is 0 Å². The average Bonchev–Trinajstić information content (AvgIpc) is 2.72. The molecule has 2 aromatic rings. The molecule has 29 heavy (non-hydrogen) atoms. The van der Waals surface area contributed by atoms with E-state index in [-0.39, 0.29) is 10.8 Å². The van der Waals surface area contributed by atoms with Gasteiger partial charge in [0.05, 0.1) is 4.90 Å². The lowest BCUT2D eigenvalue weighted by Gasteiger charge is -2.38. The van der Waals surface area contributed by atoms with Gasteiger partial charge in [-0.3, -0.25) is 4.79 Å². The van der Waals surface area contributed by atoms with Crippen LogP contribution in [-0.2, 0) is 20.2 Å². The summed E-state index contributed by atoms with van der Waals surface area (Å²) < 4.78 is 28.1. The van der Waals surface area contributed by atoms with Gasteiger partial charge in [-0.1, -0.05) is 13.8 Å². The summed E-state index contributed by atoms with van der Waals surface area (Å²) in [4.78, 5) is 24.6. The zero-order valence-corrected chi connectivity index (χ0v) is 17.7. The first kappa shape index (κ1) is 19.8. The molecule has 2 aliphatic heterocycles. The number of piperazine rings is 1. The molecule has 154 valence electrons. The molecule has 1 aromatic carbocycles. The van der Waals surface area contributed by atoms with Crippen molar-refractivity contribution >= 4 is 27.6 Å². The number of hydrogen-bond acceptors (Lipinski definition) is 6. The van der Waals surface area contributed by atoms with E-state index in [1.165, 1.54) is 4.31 Å². The summed E-state index contributed by atoms with van der Waals surface area (Å²) in [5.74, 6) is 0.658. The maximum atomic E-state index is 13.3. The van der Waals surface area contributed by atoms with Crippen LogP contribution >= 0.6 is 0 Å². The Balaban J connectivity index is 1.58. The predicted molar refractivity (Wildman–Crippen MR) is 110 cm³/mol. The number of rotatable bonds is 3. The summed E-state index contributed by atoms with van der Waals surface area (Å²) in [5.41, 5.74) is 1.25. The van der Waals surface area contributed by atoms with Crippen LogP contribution < -0.4 is 9.80 Å². The minimum Gasteiger partial charge on any atom is -0.338 e. The maximum absolute atomic E-state index is 13.3. The first-order valence-corrected chi connectivity index (χ1v) is 11.1. The highest BCUT2D eigenvalue weighted by Crippen LogP contribution is 2.41. The van der Waals surface area contributed by atoms with Crippen LogP contribution in [0.25, 0.3) is 0 Å². The van der Waals surface area contributed by atoms with Gasteiger partial charge in [0.2, 0.25) is 21.9 Å². The Kier molecular flexibility index (Phi) is 4.82. The van der Waals surface area contributed by atoms with E-state index >= 15 is 0 Å². The molecule has 0 atom stereocenters. The van der Waals surface area contributed by atoms with Gasteiger partial charge >= 0.3 is 0 Å². The third-order valence-electron chi connectivity index (χ3n) is 5.74. The number of fused-ring (bicyclic) bond motifs is 1. The van der Waals surface area contributed by atoms with Gasteiger partial charge in [0.15, 0.2) is 0 Å². The van der Waals surface area contributed by atoms with Gasteiger partial charge in [-0.25, -0.2) is 18.4 Å². The molecule has 4 rings (SSSR count). The molecule has 1 fully saturated rings. The first-order valence-electron chi connectivity index (χ1n) is 9.63. The molecular formula is C20H25N5O3S. The highest BCUT2D eigenvalue weighted by atomic mass is 32.2. The Labute approximate surface area is 171 Å². The number of carbonyl (C=O) groups is 1. The summed E-state index contributed by atoms with van der Waals surface area (Å²) in [6, 6.07) is 6.84. The van der Waals surface area contributed by atoms with Crippen molar-refractivity contribution in [2.24, 2.45) is 0 Å². The van der Waals surface area contributed by atoms with E-state index in [1.807, 2.05) is 18.7 Å². The molecule has 0 saturated carbocycles. The smallest absolute Gasteiger partial charge is 0.243 e. The van der Waals surface area contributed by atoms with Gasteiger partial charge < -0.3 is 9.80 Å². The fourth-order valence-corrected chi connectivity index (χ4v) is 5.42. The SMILES string of the molecule is CN1C(=O)CC(C)(C)c2cc(S(=O)(=O)N3CCN(c4ncccn4)CC3)ccc21. The lowest BCUT2D eigenvalue weighted by molar-refractivity contribution is -0.119. The average molecular weight is 416 g/mol. The van der Waals surface area contributed by atoms with Crippen molar-refractivity contribution in [1.82, 2.24) is 14.3 Å². The highest BCUT2D eigenvalue weighted by molar-refractivity contribution is 7.89. The highest BCUT2D eigenvalue weighted by Gasteiger charge is 2.37. The minimum atomic E-state index is -3.62. The third kappa shape index (κ3) is 3.49. The quantitative estimate of drug-likeness (QED) is 0.757. The standard InChI is InChI=1S/C20H25N5O3S/c1-20(2)14-18(26)23(3)17-6-5-15(13-16(17)20)29(27,28)25-11-9-24(10-12-25)19-21-7-4-8-22-19/h4-8,13H,9-12,14H2,1-3H3. The van der Waals surface area contributed by atoms with Gasteiger partial charge in [-0.05, 0) is 29.8 Å². The fraction of sp³-hybridized carbons (Fsp3) is 0.450. The van der Waals surface area contributed by atoms with E-state index in [9.17, 15) is 13.2 Å². The Morgan fingerprint density at radius 3 is 2.34 bits per heavy atom. The van der Waals surface area contributed by atoms with E-state index < -0.39 is 15.4 Å². The van der Waals surface area contributed by atoms with Gasteiger partial charge in [0.25, 0.3) is 0 Å². The van der Waals surface area contributed by atoms with Crippen molar-refractivity contribution < 1.29 is 13.2 Å². The van der Waals surface area contributed by atoms with Crippen LogP contribution in [0.1, 0.15) is 25.8 Å². The van der Waals surface area contributed by atoms with Gasteiger partial charge in [-0.15, -0.1) is 0 Å². The molecule has 1 saturated heterocycles. The zero-order valence-electron chi connectivity index (χ0n) is 16.9. The topological polar surface area (TPSA) is 86.7 Å². The van der Waals surface area contributed by atoms with Crippen LogP contribution in [0.5, 0.6) is 0 Å². The monoisotopic (exact) mass is 415 g/mol. The Hall–Kier alpha value is -2.52. The number of hydrogen-bond donors (Lipinski definition) is 0. The minimum absolute atomic E-state index is 0.0392. The molecule has 3 heterocycles. The number of benzene rings is 1. The van der Waals surface area contributed by atoms with Gasteiger partial charge in [-0.2, -0.15) is 4.31 Å². The van der Waals surface area contributed by atoms with Crippen molar-refractivity contribution in [3.63, 3.8) is 0 Å². The molecule has 0 bridgehead atoms. The predicted octanol–water partition coefficient (Wildman–Crippen LogP) is 1.63. The lowest BCUT2D eigenvalue weighted by atomic mass is 9.77. The second-order valence-electron chi connectivity index (χ2n) is 8.13. The molecule has 8 nitrogen and oxygen atoms in total. The molecule has 0 unspecified atom stereocenters. The van der Waals surface area contributed by atoms with E-state index in [0.717, 1.165) is 11.3 Å². The van der Waals surface area contributed by atoms with Gasteiger partial charge in [0.1, 0.15) is 0 Å². The number of aromatic nitrogens is 2. The van der Waals surface area contributed by atoms with Crippen LogP contribution in [0.4, 0.5) is 11.6 Å². The fourth-order valence-electron chi connectivity index (χ4n) is 3.97. The van der Waals surface area contributed by atoms with Crippen LogP contribution in [0.2, 0.25) is 0 Å². The van der Waals surface area contributed by atoms with Crippen molar-refractivity contribution in [3.8, 4) is 0 Å². The summed E-state index contributed by atoms with van der Waals surface area (Å²) in [5, 5.41) is 0. The Morgan fingerprint density at radius 1 is 1.03 bits per heavy atom. The number of carbonyl (C=O) groups excluding carboxylic acids is 1. The first-order chi connectivity index (χ1) is 13.7. The van der Waals surface area contributed by atoms with Crippen LogP contribution in [0.3, 0.4) is 0 Å². The van der Waals surface area contributed by atoms with E-state index in [4.69, 9.17) is 0 Å². The normalized spacial score (nSPS) is 19.9. The second-order valence-corrected chi connectivity index (χ2v) is 10.1. The summed E-state index contributed by atoms with van der Waals surface area (Å²) >= 11 is 0. The van der Waals surface area contributed by atoms with Crippen molar-refractivity contribution in [2.45, 2.75) is 30.6 Å². The zero-order chi connectivity index (χ0) is 20.8. The van der Waals surface area contributed by atoms with Crippen LogP contribution in [-0.4, -0.2) is 61.8 Å². The molecule has 0 radical (unpaired) electrons. The van der Waals surface area contributed by atoms with Crippen molar-refractivity contribution in [3.05, 3.63) is 42.2 Å². The van der Waals surface area contributed by atoms with Crippen molar-refractivity contribution in [1.29, 1.82) is 0 Å². The second kappa shape index (κ2) is 7.07. The molecular weight excluding hydrogens is 390 g/mol. The van der Waals surface area contributed by atoms with Crippen LogP contribution in [0.15, 0.2) is 41.6 Å². The summed E-state index contributed by atoms with van der Waals surface area (Å²) in [6.07, 6.45) is 3.72. The van der Waals surface area contributed by atoms with Gasteiger partial charge in [0, 0.05) is 63.1 Å². The number of anilines is 2. The Morgan fingerprint density at radius 2 is 1.69 bits per heavy atom. The molecule has 0 aliphatic carbocycles. The summed E-state index contributed by atoms with van der Waals surface area (Å²) in [7, 11) is -1.89. The maximum Gasteiger partial charge on any atom is 0.243 e. The Bertz CT molecular complexity index is 1030. The van der Waals surface area contributed by atoms with E-state index in [0.29, 0.717) is 38.5 Å². The number of nitrogens with zero attached hydrogens (tertiary/aromatic N) is 5. The number of sulfonamides is 1. The molecule has 2 aliphatic rings. The molecule has 9 heteroatoms. The molecule has 0 spiro atoms.